The molecule has 4 aliphatic rings. The van der Waals surface area contributed by atoms with Crippen molar-refractivity contribution in [1.29, 1.82) is 0 Å². The largest absolute Gasteiger partial charge is 0.396 e. The van der Waals surface area contributed by atoms with E-state index >= 15 is 0 Å². The highest BCUT2D eigenvalue weighted by atomic mass is 16.3. The van der Waals surface area contributed by atoms with E-state index in [2.05, 4.69) is 48.5 Å². The number of hydrogen-bond donors (Lipinski definition) is 2. The summed E-state index contributed by atoms with van der Waals surface area (Å²) in [4.78, 5) is 0. The average Bonchev–Trinajstić information content (AvgIpc) is 3.09. The minimum atomic E-state index is -0.643. The lowest BCUT2D eigenvalue weighted by atomic mass is 9.42. The van der Waals surface area contributed by atoms with Crippen LogP contribution in [-0.2, 0) is 0 Å². The second-order valence-electron chi connectivity index (χ2n) is 14.7. The van der Waals surface area contributed by atoms with Gasteiger partial charge in [-0.2, -0.15) is 0 Å². The van der Waals surface area contributed by atoms with Crippen molar-refractivity contribution in [3.05, 3.63) is 0 Å². The fourth-order valence-corrected chi connectivity index (χ4v) is 10.0. The molecule has 32 heavy (non-hydrogen) atoms. The summed E-state index contributed by atoms with van der Waals surface area (Å²) in [6, 6.07) is 0. The van der Waals surface area contributed by atoms with Gasteiger partial charge in [0.25, 0.3) is 0 Å². The van der Waals surface area contributed by atoms with Gasteiger partial charge in [-0.25, -0.2) is 0 Å². The number of fused-ring (bicyclic) bond motifs is 5. The third-order valence-electron chi connectivity index (χ3n) is 12.1. The van der Waals surface area contributed by atoms with E-state index < -0.39 is 5.60 Å². The van der Waals surface area contributed by atoms with Gasteiger partial charge in [-0.1, -0.05) is 48.5 Å². The fraction of sp³-hybridized carbons (Fsp3) is 1.00. The van der Waals surface area contributed by atoms with Crippen LogP contribution in [0.15, 0.2) is 0 Å². The van der Waals surface area contributed by atoms with Gasteiger partial charge in [-0.15, -0.1) is 0 Å². The Labute approximate surface area is 199 Å². The highest BCUT2D eigenvalue weighted by Gasteiger charge is 2.62. The highest BCUT2D eigenvalue weighted by molar-refractivity contribution is 5.12. The molecule has 4 saturated carbocycles. The maximum absolute atomic E-state index is 11.3. The second-order valence-corrected chi connectivity index (χ2v) is 14.7. The molecule has 0 aromatic rings. The number of hydrogen-bond acceptors (Lipinski definition) is 2. The molecule has 0 aliphatic heterocycles. The first-order valence-electron chi connectivity index (χ1n) is 14.2. The summed E-state index contributed by atoms with van der Waals surface area (Å²) in [7, 11) is 0. The van der Waals surface area contributed by atoms with Crippen LogP contribution in [0.4, 0.5) is 0 Å². The molecular weight excluding hydrogens is 392 g/mol. The van der Waals surface area contributed by atoms with Crippen LogP contribution in [0.2, 0.25) is 0 Å². The average molecular weight is 447 g/mol. The van der Waals surface area contributed by atoms with Gasteiger partial charge in [0.2, 0.25) is 0 Å². The van der Waals surface area contributed by atoms with E-state index in [1.165, 1.54) is 51.4 Å². The first kappa shape index (κ1) is 25.0. The first-order valence-corrected chi connectivity index (χ1v) is 14.2. The van der Waals surface area contributed by atoms with E-state index in [-0.39, 0.29) is 12.5 Å². The lowest BCUT2D eigenvalue weighted by Gasteiger charge is -2.63. The smallest absolute Gasteiger partial charge is 0.0698 e. The standard InChI is InChI=1S/C30H54O2/c1-8-30(32)18-21-9-10-23-25-12-11-24(20(2)13-15-27(3,4)5)28(25,6)16-14-26(23)29(21,7)17-22(30)19-31/h20-26,31-32H,8-19H2,1-7H3/t20-,21+,22-,23+,24-,25+,26+,28-,29+,30-/m1/s1. The van der Waals surface area contributed by atoms with Crippen molar-refractivity contribution in [1.82, 2.24) is 0 Å². The Bertz CT molecular complexity index is 666. The van der Waals surface area contributed by atoms with E-state index in [0.717, 1.165) is 48.9 Å². The minimum Gasteiger partial charge on any atom is -0.396 e. The Kier molecular flexibility index (Phi) is 6.68. The van der Waals surface area contributed by atoms with Gasteiger partial charge in [0.15, 0.2) is 0 Å². The van der Waals surface area contributed by atoms with Gasteiger partial charge < -0.3 is 10.2 Å². The molecular formula is C30H54O2. The van der Waals surface area contributed by atoms with Crippen LogP contribution in [-0.4, -0.2) is 22.4 Å². The summed E-state index contributed by atoms with van der Waals surface area (Å²) in [5.74, 6) is 5.04. The first-order chi connectivity index (χ1) is 14.9. The molecule has 0 aromatic carbocycles. The van der Waals surface area contributed by atoms with Crippen LogP contribution < -0.4 is 0 Å². The normalized spacial score (nSPS) is 49.8. The molecule has 10 atom stereocenters. The minimum absolute atomic E-state index is 0.0644. The molecule has 2 heteroatoms. The van der Waals surface area contributed by atoms with Crippen molar-refractivity contribution in [3.63, 3.8) is 0 Å². The number of rotatable bonds is 5. The SMILES string of the molecule is CC[C@@]1(O)C[C@@H]2CC[C@@H]3[C@H](CC[C@]4(C)[C@@H]([C@H](C)CCC(C)(C)C)CC[C@@H]34)[C@@]2(C)C[C@@H]1CO. The molecule has 2 nitrogen and oxygen atoms in total. The van der Waals surface area contributed by atoms with Crippen molar-refractivity contribution in [2.75, 3.05) is 6.61 Å². The van der Waals surface area contributed by atoms with Crippen LogP contribution in [0, 0.1) is 57.7 Å². The quantitative estimate of drug-likeness (QED) is 0.460. The van der Waals surface area contributed by atoms with Crippen LogP contribution in [0.5, 0.6) is 0 Å². The van der Waals surface area contributed by atoms with Gasteiger partial charge >= 0.3 is 0 Å². The van der Waals surface area contributed by atoms with E-state index in [9.17, 15) is 10.2 Å². The summed E-state index contributed by atoms with van der Waals surface area (Å²) >= 11 is 0. The maximum Gasteiger partial charge on any atom is 0.0698 e. The summed E-state index contributed by atoms with van der Waals surface area (Å²) in [5, 5.41) is 21.5. The molecule has 0 saturated heterocycles. The lowest BCUT2D eigenvalue weighted by molar-refractivity contribution is -0.183. The Morgan fingerprint density at radius 2 is 1.62 bits per heavy atom. The summed E-state index contributed by atoms with van der Waals surface area (Å²) in [6.07, 6.45) is 13.9. The third kappa shape index (κ3) is 4.02. The van der Waals surface area contributed by atoms with E-state index in [1.807, 2.05) is 0 Å². The van der Waals surface area contributed by atoms with Gasteiger partial charge in [-0.3, -0.25) is 0 Å². The van der Waals surface area contributed by atoms with Crippen LogP contribution >= 0.6 is 0 Å². The summed E-state index contributed by atoms with van der Waals surface area (Å²) in [6.45, 7) is 17.3. The summed E-state index contributed by atoms with van der Waals surface area (Å²) < 4.78 is 0. The van der Waals surface area contributed by atoms with E-state index in [4.69, 9.17) is 0 Å². The second kappa shape index (κ2) is 8.54. The molecule has 186 valence electrons. The van der Waals surface area contributed by atoms with Crippen molar-refractivity contribution >= 4 is 0 Å². The third-order valence-corrected chi connectivity index (χ3v) is 12.1. The monoisotopic (exact) mass is 446 g/mol. The molecule has 0 bridgehead atoms. The van der Waals surface area contributed by atoms with Crippen molar-refractivity contribution < 1.29 is 10.2 Å². The maximum atomic E-state index is 11.3. The van der Waals surface area contributed by atoms with Gasteiger partial charge in [-0.05, 0) is 122 Å². The van der Waals surface area contributed by atoms with E-state index in [1.54, 1.807) is 0 Å². The summed E-state index contributed by atoms with van der Waals surface area (Å²) in [5.41, 5.74) is 0.657. The molecule has 0 aromatic heterocycles. The Hall–Kier alpha value is -0.0800. The zero-order valence-corrected chi connectivity index (χ0v) is 22.4. The van der Waals surface area contributed by atoms with Crippen LogP contribution in [0.3, 0.4) is 0 Å². The van der Waals surface area contributed by atoms with Crippen molar-refractivity contribution in [3.8, 4) is 0 Å². The van der Waals surface area contributed by atoms with Crippen LogP contribution in [0.25, 0.3) is 0 Å². The predicted molar refractivity (Wildman–Crippen MR) is 134 cm³/mol. The lowest BCUT2D eigenvalue weighted by Crippen LogP contribution is -2.59. The molecule has 0 unspecified atom stereocenters. The molecule has 4 rings (SSSR count). The molecule has 4 fully saturated rings. The number of aliphatic hydroxyl groups is 2. The van der Waals surface area contributed by atoms with Crippen LogP contribution in [0.1, 0.15) is 119 Å². The molecule has 0 radical (unpaired) electrons. The fourth-order valence-electron chi connectivity index (χ4n) is 10.0. The zero-order valence-electron chi connectivity index (χ0n) is 22.4. The van der Waals surface area contributed by atoms with Crippen molar-refractivity contribution in [2.45, 2.75) is 125 Å². The van der Waals surface area contributed by atoms with Gasteiger partial charge in [0, 0.05) is 12.5 Å². The van der Waals surface area contributed by atoms with Crippen molar-refractivity contribution in [2.24, 2.45) is 57.7 Å². The van der Waals surface area contributed by atoms with E-state index in [0.29, 0.717) is 22.2 Å². The highest BCUT2D eigenvalue weighted by Crippen LogP contribution is 2.69. The molecule has 0 heterocycles. The zero-order chi connectivity index (χ0) is 23.5. The Balaban J connectivity index is 1.52. The predicted octanol–water partition coefficient (Wildman–Crippen LogP) is 7.47. The molecule has 0 spiro atoms. The molecule has 2 N–H and O–H groups in total. The van der Waals surface area contributed by atoms with Gasteiger partial charge in [0.1, 0.15) is 0 Å². The number of aliphatic hydroxyl groups excluding tert-OH is 1. The molecule has 0 amide bonds. The Morgan fingerprint density at radius 1 is 0.938 bits per heavy atom. The Morgan fingerprint density at radius 3 is 2.25 bits per heavy atom. The van der Waals surface area contributed by atoms with Gasteiger partial charge in [0.05, 0.1) is 5.60 Å². The topological polar surface area (TPSA) is 40.5 Å². The molecule has 4 aliphatic carbocycles.